The van der Waals surface area contributed by atoms with Crippen LogP contribution in [0.2, 0.25) is 0 Å². The van der Waals surface area contributed by atoms with Crippen LogP contribution in [0.4, 0.5) is 5.69 Å². The van der Waals surface area contributed by atoms with Gasteiger partial charge in [-0.25, -0.2) is 4.79 Å². The molecular formula is C12H11NO4. The maximum atomic E-state index is 11.3. The van der Waals surface area contributed by atoms with Crippen LogP contribution in [0.25, 0.3) is 11.0 Å². The van der Waals surface area contributed by atoms with Gasteiger partial charge in [-0.2, -0.15) is 0 Å². The maximum Gasteiger partial charge on any atom is 0.359 e. The summed E-state index contributed by atoms with van der Waals surface area (Å²) in [5.74, 6) is -0.0526. The van der Waals surface area contributed by atoms with E-state index in [0.717, 1.165) is 5.56 Å². The highest BCUT2D eigenvalue weighted by atomic mass is 16.5. The summed E-state index contributed by atoms with van der Waals surface area (Å²) < 4.78 is 9.99. The van der Waals surface area contributed by atoms with E-state index in [1.807, 2.05) is 0 Å². The van der Waals surface area contributed by atoms with Crippen molar-refractivity contribution in [2.24, 2.45) is 0 Å². The highest BCUT2D eigenvalue weighted by Gasteiger charge is 2.08. The number of anilines is 1. The highest BCUT2D eigenvalue weighted by molar-refractivity contribution is 5.83. The third-order valence-electron chi connectivity index (χ3n) is 2.31. The molecule has 0 spiro atoms. The third-order valence-corrected chi connectivity index (χ3v) is 2.31. The van der Waals surface area contributed by atoms with Gasteiger partial charge >= 0.3 is 11.6 Å². The Morgan fingerprint density at radius 3 is 2.71 bits per heavy atom. The van der Waals surface area contributed by atoms with E-state index < -0.39 is 11.6 Å². The molecule has 1 aromatic carbocycles. The molecule has 0 radical (unpaired) electrons. The Morgan fingerprint density at radius 1 is 1.35 bits per heavy atom. The van der Waals surface area contributed by atoms with Crippen molar-refractivity contribution in [2.75, 3.05) is 5.73 Å². The number of hydrogen-bond acceptors (Lipinski definition) is 5. The quantitative estimate of drug-likeness (QED) is 0.459. The number of carbonyl (C=O) groups is 1. The standard InChI is InChI=1S/C12H11NO4/c1-6-3-8-4-9(13)12(15)17-11(8)5-10(6)16-7(2)14/h3-5H,13H2,1-2H3. The van der Waals surface area contributed by atoms with Crippen LogP contribution < -0.4 is 16.1 Å². The van der Waals surface area contributed by atoms with Crippen LogP contribution in [0, 0.1) is 6.92 Å². The number of esters is 1. The van der Waals surface area contributed by atoms with E-state index in [0.29, 0.717) is 16.7 Å². The summed E-state index contributed by atoms with van der Waals surface area (Å²) in [6.07, 6.45) is 0. The molecule has 5 heteroatoms. The van der Waals surface area contributed by atoms with Gasteiger partial charge in [0, 0.05) is 18.4 Å². The number of carbonyl (C=O) groups excluding carboxylic acids is 1. The van der Waals surface area contributed by atoms with Crippen LogP contribution in [0.1, 0.15) is 12.5 Å². The van der Waals surface area contributed by atoms with Gasteiger partial charge in [0.25, 0.3) is 0 Å². The second-order valence-corrected chi connectivity index (χ2v) is 3.74. The number of nitrogen functional groups attached to an aromatic ring is 1. The summed E-state index contributed by atoms with van der Waals surface area (Å²) in [6, 6.07) is 4.78. The van der Waals surface area contributed by atoms with Crippen LogP contribution in [-0.4, -0.2) is 5.97 Å². The SMILES string of the molecule is CC(=O)Oc1cc2oc(=O)c(N)cc2cc1C. The van der Waals surface area contributed by atoms with E-state index in [-0.39, 0.29) is 5.69 Å². The molecule has 17 heavy (non-hydrogen) atoms. The van der Waals surface area contributed by atoms with Gasteiger partial charge in [0.15, 0.2) is 0 Å². The van der Waals surface area contributed by atoms with E-state index in [1.54, 1.807) is 13.0 Å². The molecule has 0 bridgehead atoms. The lowest BCUT2D eigenvalue weighted by molar-refractivity contribution is -0.131. The van der Waals surface area contributed by atoms with Crippen molar-refractivity contribution in [2.45, 2.75) is 13.8 Å². The largest absolute Gasteiger partial charge is 0.426 e. The van der Waals surface area contributed by atoms with Crippen molar-refractivity contribution in [1.29, 1.82) is 0 Å². The van der Waals surface area contributed by atoms with Gasteiger partial charge in [0.2, 0.25) is 0 Å². The zero-order valence-corrected chi connectivity index (χ0v) is 9.44. The second-order valence-electron chi connectivity index (χ2n) is 3.74. The number of rotatable bonds is 1. The Balaban J connectivity index is 2.67. The van der Waals surface area contributed by atoms with Gasteiger partial charge in [-0.15, -0.1) is 0 Å². The fourth-order valence-electron chi connectivity index (χ4n) is 1.54. The Hall–Kier alpha value is -2.30. The third kappa shape index (κ3) is 2.13. The number of ether oxygens (including phenoxy) is 1. The minimum Gasteiger partial charge on any atom is -0.426 e. The van der Waals surface area contributed by atoms with Crippen molar-refractivity contribution < 1.29 is 13.9 Å². The number of aryl methyl sites for hydroxylation is 1. The lowest BCUT2D eigenvalue weighted by atomic mass is 10.1. The van der Waals surface area contributed by atoms with Gasteiger partial charge in [-0.1, -0.05) is 0 Å². The fourth-order valence-corrected chi connectivity index (χ4v) is 1.54. The van der Waals surface area contributed by atoms with E-state index in [4.69, 9.17) is 14.9 Å². The molecule has 88 valence electrons. The fraction of sp³-hybridized carbons (Fsp3) is 0.167. The first-order chi connectivity index (χ1) is 7.97. The molecule has 0 saturated carbocycles. The second kappa shape index (κ2) is 3.93. The number of fused-ring (bicyclic) bond motifs is 1. The molecule has 0 unspecified atom stereocenters. The Kier molecular flexibility index (Phi) is 2.59. The Labute approximate surface area is 96.8 Å². The zero-order valence-electron chi connectivity index (χ0n) is 9.44. The van der Waals surface area contributed by atoms with Crippen LogP contribution in [0.5, 0.6) is 5.75 Å². The molecule has 0 amide bonds. The van der Waals surface area contributed by atoms with E-state index in [1.165, 1.54) is 19.1 Å². The molecule has 0 saturated heterocycles. The lowest BCUT2D eigenvalue weighted by Crippen LogP contribution is -2.06. The van der Waals surface area contributed by atoms with Crippen molar-refractivity contribution >= 4 is 22.6 Å². The van der Waals surface area contributed by atoms with Crippen LogP contribution in [-0.2, 0) is 4.79 Å². The highest BCUT2D eigenvalue weighted by Crippen LogP contribution is 2.25. The molecule has 1 aromatic heterocycles. The van der Waals surface area contributed by atoms with Gasteiger partial charge < -0.3 is 14.9 Å². The first-order valence-electron chi connectivity index (χ1n) is 5.00. The summed E-state index contributed by atoms with van der Waals surface area (Å²) in [5.41, 5.74) is 6.02. The summed E-state index contributed by atoms with van der Waals surface area (Å²) >= 11 is 0. The first-order valence-corrected chi connectivity index (χ1v) is 5.00. The molecule has 0 aliphatic carbocycles. The lowest BCUT2D eigenvalue weighted by Gasteiger charge is -2.06. The molecule has 0 fully saturated rings. The molecule has 2 rings (SSSR count). The average Bonchev–Trinajstić information content (AvgIpc) is 2.22. The summed E-state index contributed by atoms with van der Waals surface area (Å²) in [7, 11) is 0. The molecule has 2 aromatic rings. The van der Waals surface area contributed by atoms with E-state index in [2.05, 4.69) is 0 Å². The van der Waals surface area contributed by atoms with Gasteiger partial charge in [0.05, 0.1) is 0 Å². The summed E-state index contributed by atoms with van der Waals surface area (Å²) in [6.45, 7) is 3.10. The monoisotopic (exact) mass is 233 g/mol. The normalized spacial score (nSPS) is 10.5. The predicted molar refractivity (Wildman–Crippen MR) is 62.9 cm³/mol. The zero-order chi connectivity index (χ0) is 12.6. The Bertz CT molecular complexity index is 657. The molecule has 0 aliphatic heterocycles. The molecule has 1 heterocycles. The molecule has 0 aliphatic rings. The molecular weight excluding hydrogens is 222 g/mol. The van der Waals surface area contributed by atoms with Crippen molar-refractivity contribution in [3.05, 3.63) is 34.2 Å². The first kappa shape index (κ1) is 11.2. The van der Waals surface area contributed by atoms with Crippen molar-refractivity contribution in [3.63, 3.8) is 0 Å². The van der Waals surface area contributed by atoms with Gasteiger partial charge in [-0.3, -0.25) is 4.79 Å². The van der Waals surface area contributed by atoms with Crippen LogP contribution in [0.3, 0.4) is 0 Å². The van der Waals surface area contributed by atoms with Crippen molar-refractivity contribution in [3.8, 4) is 5.75 Å². The summed E-state index contributed by atoms with van der Waals surface area (Å²) in [5, 5.41) is 0.690. The van der Waals surface area contributed by atoms with Crippen molar-refractivity contribution in [1.82, 2.24) is 0 Å². The minimum atomic E-state index is -0.602. The van der Waals surface area contributed by atoms with E-state index in [9.17, 15) is 9.59 Å². The van der Waals surface area contributed by atoms with Gasteiger partial charge in [0.1, 0.15) is 17.0 Å². The maximum absolute atomic E-state index is 11.3. The number of hydrogen-bond donors (Lipinski definition) is 1. The predicted octanol–water partition coefficient (Wildman–Crippen LogP) is 1.61. The summed E-state index contributed by atoms with van der Waals surface area (Å²) in [4.78, 5) is 22.1. The molecule has 0 atom stereocenters. The van der Waals surface area contributed by atoms with Gasteiger partial charge in [-0.05, 0) is 24.6 Å². The smallest absolute Gasteiger partial charge is 0.359 e. The Morgan fingerprint density at radius 2 is 2.06 bits per heavy atom. The van der Waals surface area contributed by atoms with Crippen LogP contribution >= 0.6 is 0 Å². The van der Waals surface area contributed by atoms with E-state index >= 15 is 0 Å². The topological polar surface area (TPSA) is 82.5 Å². The average molecular weight is 233 g/mol. The van der Waals surface area contributed by atoms with Crippen LogP contribution in [0.15, 0.2) is 27.4 Å². The molecule has 5 nitrogen and oxygen atoms in total. The number of benzene rings is 1. The number of nitrogens with two attached hydrogens (primary N) is 1. The molecule has 2 N–H and O–H groups in total. The minimum absolute atomic E-state index is 0.0529.